The van der Waals surface area contributed by atoms with E-state index in [-0.39, 0.29) is 11.2 Å². The molecule has 0 spiro atoms. The number of esters is 2. The number of rotatable bonds is 8. The van der Waals surface area contributed by atoms with Crippen molar-refractivity contribution in [3.8, 4) is 0 Å². The predicted molar refractivity (Wildman–Crippen MR) is 87.7 cm³/mol. The maximum Gasteiger partial charge on any atom is 0.330 e. The van der Waals surface area contributed by atoms with Gasteiger partial charge in [-0.25, -0.2) is 4.79 Å². The van der Waals surface area contributed by atoms with E-state index in [4.69, 9.17) is 4.74 Å². The summed E-state index contributed by atoms with van der Waals surface area (Å²) >= 11 is 1.45. The zero-order valence-corrected chi connectivity index (χ0v) is 14.0. The van der Waals surface area contributed by atoms with Gasteiger partial charge in [0.05, 0.1) is 7.11 Å². The van der Waals surface area contributed by atoms with Crippen molar-refractivity contribution >= 4 is 23.7 Å². The van der Waals surface area contributed by atoms with Gasteiger partial charge in [0.1, 0.15) is 11.4 Å². The molecule has 1 aromatic rings. The van der Waals surface area contributed by atoms with Gasteiger partial charge in [0.2, 0.25) is 0 Å². The molecule has 0 radical (unpaired) electrons. The summed E-state index contributed by atoms with van der Waals surface area (Å²) in [6.45, 7) is 3.81. The zero-order chi connectivity index (χ0) is 16.4. The Morgan fingerprint density at radius 2 is 1.95 bits per heavy atom. The molecule has 0 amide bonds. The summed E-state index contributed by atoms with van der Waals surface area (Å²) in [5.74, 6) is -0.745. The molecule has 22 heavy (non-hydrogen) atoms. The van der Waals surface area contributed by atoms with Crippen LogP contribution < -0.4 is 0 Å². The van der Waals surface area contributed by atoms with Gasteiger partial charge in [-0.3, -0.25) is 4.79 Å². The minimum absolute atomic E-state index is 0.290. The van der Waals surface area contributed by atoms with E-state index in [2.05, 4.69) is 4.74 Å². The molecule has 0 bridgehead atoms. The molecule has 4 nitrogen and oxygen atoms in total. The third-order valence-corrected chi connectivity index (χ3v) is 3.97. The molecule has 0 unspecified atom stereocenters. The van der Waals surface area contributed by atoms with Crippen LogP contribution in [0.3, 0.4) is 0 Å². The van der Waals surface area contributed by atoms with E-state index in [1.807, 2.05) is 44.2 Å². The molecule has 0 saturated heterocycles. The molecular weight excluding hydrogens is 300 g/mol. The van der Waals surface area contributed by atoms with Gasteiger partial charge in [0.15, 0.2) is 0 Å². The fourth-order valence-corrected chi connectivity index (χ4v) is 2.60. The van der Waals surface area contributed by atoms with Crippen LogP contribution in [0.1, 0.15) is 26.7 Å². The van der Waals surface area contributed by atoms with E-state index in [9.17, 15) is 9.59 Å². The minimum atomic E-state index is -0.455. The quantitative estimate of drug-likeness (QED) is 0.416. The first-order chi connectivity index (χ1) is 10.6. The van der Waals surface area contributed by atoms with Crippen LogP contribution in [0.5, 0.6) is 0 Å². The third kappa shape index (κ3) is 6.80. The molecule has 0 aliphatic heterocycles. The number of carbonyl (C=O) groups excluding carboxylic acids is 2. The Bertz CT molecular complexity index is 499. The summed E-state index contributed by atoms with van der Waals surface area (Å²) in [6.07, 6.45) is 3.98. The Morgan fingerprint density at radius 1 is 1.27 bits per heavy atom. The number of hydrogen-bond acceptors (Lipinski definition) is 5. The summed E-state index contributed by atoms with van der Waals surface area (Å²) in [4.78, 5) is 24.3. The van der Waals surface area contributed by atoms with Gasteiger partial charge in [-0.1, -0.05) is 31.5 Å². The Hall–Kier alpha value is -1.75. The third-order valence-electron chi connectivity index (χ3n) is 2.88. The molecule has 2 atom stereocenters. The van der Waals surface area contributed by atoms with Crippen LogP contribution >= 0.6 is 11.8 Å². The van der Waals surface area contributed by atoms with Crippen LogP contribution in [-0.4, -0.2) is 30.4 Å². The summed E-state index contributed by atoms with van der Waals surface area (Å²) in [6, 6.07) is 9.70. The predicted octanol–water partition coefficient (Wildman–Crippen LogP) is 3.61. The van der Waals surface area contributed by atoms with Crippen molar-refractivity contribution in [2.75, 3.05) is 7.11 Å². The van der Waals surface area contributed by atoms with Gasteiger partial charge in [-0.15, -0.1) is 11.8 Å². The first-order valence-electron chi connectivity index (χ1n) is 7.25. The minimum Gasteiger partial charge on any atom is -0.466 e. The first kappa shape index (κ1) is 18.3. The Kier molecular flexibility index (Phi) is 8.36. The van der Waals surface area contributed by atoms with Gasteiger partial charge >= 0.3 is 11.9 Å². The molecule has 0 fully saturated rings. The molecule has 120 valence electrons. The van der Waals surface area contributed by atoms with Crippen LogP contribution in [0.2, 0.25) is 0 Å². The zero-order valence-electron chi connectivity index (χ0n) is 13.2. The van der Waals surface area contributed by atoms with Crippen LogP contribution in [-0.2, 0) is 19.1 Å². The average molecular weight is 322 g/mol. The van der Waals surface area contributed by atoms with Gasteiger partial charge < -0.3 is 9.47 Å². The second-order valence-corrected chi connectivity index (χ2v) is 6.13. The lowest BCUT2D eigenvalue weighted by molar-refractivity contribution is -0.146. The average Bonchev–Trinajstić information content (AvgIpc) is 2.53. The van der Waals surface area contributed by atoms with Crippen molar-refractivity contribution < 1.29 is 19.1 Å². The summed E-state index contributed by atoms with van der Waals surface area (Å²) < 4.78 is 10.0. The molecular formula is C17H22O4S. The van der Waals surface area contributed by atoms with Gasteiger partial charge in [0, 0.05) is 11.0 Å². The van der Waals surface area contributed by atoms with E-state index >= 15 is 0 Å². The smallest absolute Gasteiger partial charge is 0.330 e. The van der Waals surface area contributed by atoms with Gasteiger partial charge in [-0.05, 0) is 31.6 Å². The van der Waals surface area contributed by atoms with Crippen LogP contribution in [0.15, 0.2) is 47.4 Å². The topological polar surface area (TPSA) is 52.6 Å². The fraction of sp³-hybridized carbons (Fsp3) is 0.412. The number of carbonyl (C=O) groups is 2. The number of benzene rings is 1. The Morgan fingerprint density at radius 3 is 2.55 bits per heavy atom. The molecule has 0 heterocycles. The van der Waals surface area contributed by atoms with Crippen molar-refractivity contribution in [2.45, 2.75) is 42.9 Å². The van der Waals surface area contributed by atoms with Crippen molar-refractivity contribution in [3.05, 3.63) is 42.5 Å². The standard InChI is InChI=1S/C17H22O4S/c1-4-8-14(11-12-16(18)20-3)21-17(19)13(2)22-15-9-6-5-7-10-15/h5-7,9-14H,4,8H2,1-3H3/b12-11+/t13-,14-/m1/s1. The lowest BCUT2D eigenvalue weighted by Gasteiger charge is -2.17. The molecule has 5 heteroatoms. The van der Waals surface area contributed by atoms with E-state index in [0.717, 1.165) is 11.3 Å². The lowest BCUT2D eigenvalue weighted by atomic mass is 10.2. The maximum atomic E-state index is 12.2. The number of methoxy groups -OCH3 is 1. The molecule has 0 aliphatic rings. The van der Waals surface area contributed by atoms with Crippen LogP contribution in [0, 0.1) is 0 Å². The summed E-state index contributed by atoms with van der Waals surface area (Å²) in [5.41, 5.74) is 0. The van der Waals surface area contributed by atoms with Crippen molar-refractivity contribution in [2.24, 2.45) is 0 Å². The van der Waals surface area contributed by atoms with Crippen molar-refractivity contribution in [1.29, 1.82) is 0 Å². The SMILES string of the molecule is CCC[C@H](/C=C/C(=O)OC)OC(=O)[C@@H](C)Sc1ccccc1. The first-order valence-corrected chi connectivity index (χ1v) is 8.13. The summed E-state index contributed by atoms with van der Waals surface area (Å²) in [5, 5.41) is -0.312. The van der Waals surface area contributed by atoms with Crippen molar-refractivity contribution in [1.82, 2.24) is 0 Å². The number of ether oxygens (including phenoxy) is 2. The van der Waals surface area contributed by atoms with E-state index in [1.165, 1.54) is 24.9 Å². The van der Waals surface area contributed by atoms with Crippen LogP contribution in [0.25, 0.3) is 0 Å². The lowest BCUT2D eigenvalue weighted by Crippen LogP contribution is -2.23. The molecule has 0 saturated carbocycles. The highest BCUT2D eigenvalue weighted by Crippen LogP contribution is 2.24. The largest absolute Gasteiger partial charge is 0.466 e. The highest BCUT2D eigenvalue weighted by Gasteiger charge is 2.19. The molecule has 0 aromatic heterocycles. The molecule has 0 aliphatic carbocycles. The van der Waals surface area contributed by atoms with E-state index in [1.54, 1.807) is 6.08 Å². The number of thioether (sulfide) groups is 1. The second-order valence-electron chi connectivity index (χ2n) is 4.72. The van der Waals surface area contributed by atoms with Gasteiger partial charge in [-0.2, -0.15) is 0 Å². The van der Waals surface area contributed by atoms with Crippen LogP contribution in [0.4, 0.5) is 0 Å². The van der Waals surface area contributed by atoms with Crippen molar-refractivity contribution in [3.63, 3.8) is 0 Å². The highest BCUT2D eigenvalue weighted by molar-refractivity contribution is 8.00. The number of hydrogen-bond donors (Lipinski definition) is 0. The fourth-order valence-electron chi connectivity index (χ4n) is 1.73. The Balaban J connectivity index is 2.58. The monoisotopic (exact) mass is 322 g/mol. The van der Waals surface area contributed by atoms with E-state index in [0.29, 0.717) is 6.42 Å². The molecule has 0 N–H and O–H groups in total. The van der Waals surface area contributed by atoms with Gasteiger partial charge in [0.25, 0.3) is 0 Å². The highest BCUT2D eigenvalue weighted by atomic mass is 32.2. The maximum absolute atomic E-state index is 12.2. The Labute approximate surface area is 135 Å². The molecule has 1 rings (SSSR count). The normalized spacial score (nSPS) is 13.6. The molecule has 1 aromatic carbocycles. The summed E-state index contributed by atoms with van der Waals surface area (Å²) in [7, 11) is 1.31. The van der Waals surface area contributed by atoms with E-state index < -0.39 is 12.1 Å². The second kappa shape index (κ2) is 10.1.